The average Bonchev–Trinajstić information content (AvgIpc) is 2.57. The van der Waals surface area contributed by atoms with Crippen LogP contribution < -0.4 is 4.18 Å². The van der Waals surface area contributed by atoms with Crippen molar-refractivity contribution in [1.82, 2.24) is 0 Å². The molecule has 0 fully saturated rings. The van der Waals surface area contributed by atoms with E-state index in [-0.39, 0.29) is 10.6 Å². The SMILES string of the molecule is O=S(=O)(Oc1ccc(Cl)cc1)c1ccc(Cl)cc1-c1ccccc1. The second-order valence-electron chi connectivity index (χ2n) is 5.00. The van der Waals surface area contributed by atoms with Gasteiger partial charge in [0.25, 0.3) is 0 Å². The molecule has 6 heteroatoms. The Morgan fingerprint density at radius 3 is 2.04 bits per heavy atom. The summed E-state index contributed by atoms with van der Waals surface area (Å²) in [6.45, 7) is 0. The van der Waals surface area contributed by atoms with Gasteiger partial charge in [0.15, 0.2) is 0 Å². The molecule has 122 valence electrons. The van der Waals surface area contributed by atoms with E-state index in [1.165, 1.54) is 24.3 Å². The Bertz CT molecular complexity index is 953. The number of hydrogen-bond acceptors (Lipinski definition) is 3. The lowest BCUT2D eigenvalue weighted by Gasteiger charge is -2.12. The largest absolute Gasteiger partial charge is 0.379 e. The molecule has 0 amide bonds. The van der Waals surface area contributed by atoms with Crippen molar-refractivity contribution in [1.29, 1.82) is 0 Å². The molecule has 0 saturated heterocycles. The van der Waals surface area contributed by atoms with E-state index < -0.39 is 10.1 Å². The Labute approximate surface area is 150 Å². The topological polar surface area (TPSA) is 43.4 Å². The van der Waals surface area contributed by atoms with E-state index in [0.717, 1.165) is 5.56 Å². The summed E-state index contributed by atoms with van der Waals surface area (Å²) in [4.78, 5) is 0.0491. The highest BCUT2D eigenvalue weighted by molar-refractivity contribution is 7.87. The van der Waals surface area contributed by atoms with Crippen molar-refractivity contribution in [3.8, 4) is 16.9 Å². The summed E-state index contributed by atoms with van der Waals surface area (Å²) in [5, 5.41) is 0.940. The van der Waals surface area contributed by atoms with Gasteiger partial charge in [-0.3, -0.25) is 0 Å². The molecule has 0 saturated carbocycles. The van der Waals surface area contributed by atoms with E-state index in [2.05, 4.69) is 0 Å². The molecular weight excluding hydrogens is 367 g/mol. The van der Waals surface area contributed by atoms with Gasteiger partial charge >= 0.3 is 10.1 Å². The summed E-state index contributed by atoms with van der Waals surface area (Å²) in [5.74, 6) is 0.188. The third-order valence-corrected chi connectivity index (χ3v) is 5.11. The maximum absolute atomic E-state index is 12.7. The molecular formula is C18H12Cl2O3S. The normalized spacial score (nSPS) is 11.2. The van der Waals surface area contributed by atoms with Gasteiger partial charge in [-0.2, -0.15) is 8.42 Å². The van der Waals surface area contributed by atoms with Crippen molar-refractivity contribution in [3.05, 3.63) is 82.8 Å². The monoisotopic (exact) mass is 378 g/mol. The van der Waals surface area contributed by atoms with Crippen LogP contribution >= 0.6 is 23.2 Å². The van der Waals surface area contributed by atoms with E-state index in [1.807, 2.05) is 30.3 Å². The molecule has 3 aromatic carbocycles. The molecule has 3 aromatic rings. The maximum atomic E-state index is 12.7. The second kappa shape index (κ2) is 6.85. The lowest BCUT2D eigenvalue weighted by molar-refractivity contribution is 0.486. The summed E-state index contributed by atoms with van der Waals surface area (Å²) in [5.41, 5.74) is 1.22. The van der Waals surface area contributed by atoms with Crippen molar-refractivity contribution in [3.63, 3.8) is 0 Å². The highest BCUT2D eigenvalue weighted by Gasteiger charge is 2.22. The molecule has 0 aliphatic carbocycles. The fraction of sp³-hybridized carbons (Fsp3) is 0. The third-order valence-electron chi connectivity index (χ3n) is 3.32. The van der Waals surface area contributed by atoms with Gasteiger partial charge < -0.3 is 4.18 Å². The molecule has 0 aliphatic heterocycles. The maximum Gasteiger partial charge on any atom is 0.339 e. The van der Waals surface area contributed by atoms with Crippen LogP contribution in [0, 0.1) is 0 Å². The zero-order valence-electron chi connectivity index (χ0n) is 12.3. The van der Waals surface area contributed by atoms with Crippen LogP contribution in [-0.4, -0.2) is 8.42 Å². The lowest BCUT2D eigenvalue weighted by atomic mass is 10.1. The van der Waals surface area contributed by atoms with Crippen molar-refractivity contribution in [2.45, 2.75) is 4.90 Å². The van der Waals surface area contributed by atoms with Crippen LogP contribution in [0.5, 0.6) is 5.75 Å². The highest BCUT2D eigenvalue weighted by Crippen LogP contribution is 2.32. The van der Waals surface area contributed by atoms with E-state index >= 15 is 0 Å². The first kappa shape index (κ1) is 16.8. The molecule has 0 spiro atoms. The summed E-state index contributed by atoms with van der Waals surface area (Å²) in [7, 11) is -4.02. The highest BCUT2D eigenvalue weighted by atomic mass is 35.5. The molecule has 0 aromatic heterocycles. The number of hydrogen-bond donors (Lipinski definition) is 0. The smallest absolute Gasteiger partial charge is 0.339 e. The Hall–Kier alpha value is -2.01. The summed E-state index contributed by atoms with van der Waals surface area (Å²) in [6, 6.07) is 19.8. The quantitative estimate of drug-likeness (QED) is 0.568. The van der Waals surface area contributed by atoms with Crippen molar-refractivity contribution in [2.75, 3.05) is 0 Å². The first-order chi connectivity index (χ1) is 11.5. The fourth-order valence-electron chi connectivity index (χ4n) is 2.23. The molecule has 0 heterocycles. The number of rotatable bonds is 4. The summed E-state index contributed by atoms with van der Waals surface area (Å²) >= 11 is 11.8. The molecule has 3 rings (SSSR count). The molecule has 3 nitrogen and oxygen atoms in total. The Kier molecular flexibility index (Phi) is 4.81. The van der Waals surface area contributed by atoms with Gasteiger partial charge in [0.05, 0.1) is 0 Å². The van der Waals surface area contributed by atoms with Crippen LogP contribution in [0.3, 0.4) is 0 Å². The van der Waals surface area contributed by atoms with Crippen LogP contribution in [0.15, 0.2) is 77.7 Å². The van der Waals surface area contributed by atoms with Crippen LogP contribution in [0.4, 0.5) is 0 Å². The van der Waals surface area contributed by atoms with Crippen molar-refractivity contribution < 1.29 is 12.6 Å². The second-order valence-corrected chi connectivity index (χ2v) is 7.39. The zero-order chi connectivity index (χ0) is 17.2. The molecule has 24 heavy (non-hydrogen) atoms. The average molecular weight is 379 g/mol. The molecule has 0 atom stereocenters. The zero-order valence-corrected chi connectivity index (χ0v) is 14.6. The van der Waals surface area contributed by atoms with Gasteiger partial charge in [-0.05, 0) is 48.0 Å². The van der Waals surface area contributed by atoms with Crippen molar-refractivity contribution >= 4 is 33.3 Å². The first-order valence-electron chi connectivity index (χ1n) is 7.01. The van der Waals surface area contributed by atoms with E-state index in [9.17, 15) is 8.42 Å². The van der Waals surface area contributed by atoms with Gasteiger partial charge in [-0.1, -0.05) is 53.5 Å². The standard InChI is InChI=1S/C18H12Cl2O3S/c19-14-6-9-16(10-7-14)23-24(21,22)18-11-8-15(20)12-17(18)13-4-2-1-3-5-13/h1-12H. The number of benzene rings is 3. The summed E-state index contributed by atoms with van der Waals surface area (Å²) in [6.07, 6.45) is 0. The van der Waals surface area contributed by atoms with Gasteiger partial charge in [0.2, 0.25) is 0 Å². The van der Waals surface area contributed by atoms with Crippen LogP contribution in [-0.2, 0) is 10.1 Å². The first-order valence-corrected chi connectivity index (χ1v) is 9.17. The third kappa shape index (κ3) is 3.73. The molecule has 0 radical (unpaired) electrons. The van der Waals surface area contributed by atoms with Crippen LogP contribution in [0.2, 0.25) is 10.0 Å². The lowest BCUT2D eigenvalue weighted by Crippen LogP contribution is -2.11. The van der Waals surface area contributed by atoms with E-state index in [1.54, 1.807) is 18.2 Å². The minimum absolute atomic E-state index is 0.0491. The fourth-order valence-corrected chi connectivity index (χ4v) is 3.66. The molecule has 0 unspecified atom stereocenters. The van der Waals surface area contributed by atoms with Gasteiger partial charge in [-0.25, -0.2) is 0 Å². The number of halogens is 2. The minimum Gasteiger partial charge on any atom is -0.379 e. The van der Waals surface area contributed by atoms with E-state index in [0.29, 0.717) is 15.6 Å². The molecule has 0 bridgehead atoms. The summed E-state index contributed by atoms with van der Waals surface area (Å²) < 4.78 is 30.6. The Morgan fingerprint density at radius 1 is 0.750 bits per heavy atom. The van der Waals surface area contributed by atoms with Crippen LogP contribution in [0.1, 0.15) is 0 Å². The Balaban J connectivity index is 2.06. The minimum atomic E-state index is -4.02. The van der Waals surface area contributed by atoms with Gasteiger partial charge in [-0.15, -0.1) is 0 Å². The van der Waals surface area contributed by atoms with Crippen molar-refractivity contribution in [2.24, 2.45) is 0 Å². The Morgan fingerprint density at radius 2 is 1.38 bits per heavy atom. The molecule has 0 aliphatic rings. The van der Waals surface area contributed by atoms with Gasteiger partial charge in [0, 0.05) is 15.6 Å². The predicted octanol–water partition coefficient (Wildman–Crippen LogP) is 5.43. The van der Waals surface area contributed by atoms with Gasteiger partial charge in [0.1, 0.15) is 10.6 Å². The van der Waals surface area contributed by atoms with E-state index in [4.69, 9.17) is 27.4 Å². The molecule has 0 N–H and O–H groups in total. The van der Waals surface area contributed by atoms with Crippen LogP contribution in [0.25, 0.3) is 11.1 Å². The predicted molar refractivity (Wildman–Crippen MR) is 96.2 cm³/mol.